The van der Waals surface area contributed by atoms with Gasteiger partial charge in [0.15, 0.2) is 5.76 Å². The van der Waals surface area contributed by atoms with Crippen LogP contribution < -0.4 is 0 Å². The Morgan fingerprint density at radius 3 is 2.52 bits per heavy atom. The second-order valence-electron chi connectivity index (χ2n) is 6.34. The predicted molar refractivity (Wildman–Crippen MR) is 105 cm³/mol. The molecule has 0 radical (unpaired) electrons. The summed E-state index contributed by atoms with van der Waals surface area (Å²) in [5, 5.41) is 16.0. The van der Waals surface area contributed by atoms with E-state index in [2.05, 4.69) is 10.1 Å². The van der Waals surface area contributed by atoms with Crippen molar-refractivity contribution >= 4 is 11.6 Å². The van der Waals surface area contributed by atoms with Gasteiger partial charge in [-0.2, -0.15) is 0 Å². The second kappa shape index (κ2) is 7.35. The van der Waals surface area contributed by atoms with Crippen molar-refractivity contribution in [1.29, 1.82) is 0 Å². The summed E-state index contributed by atoms with van der Waals surface area (Å²) in [7, 11) is 0. The summed E-state index contributed by atoms with van der Waals surface area (Å²) in [6, 6.07) is 18.9. The summed E-state index contributed by atoms with van der Waals surface area (Å²) in [5.41, 5.74) is 4.63. The Hall–Kier alpha value is -2.95. The van der Waals surface area contributed by atoms with Crippen LogP contribution in [0, 0.1) is 6.92 Å². The molecule has 4 nitrogen and oxygen atoms in total. The summed E-state index contributed by atoms with van der Waals surface area (Å²) in [5.74, 6) is 0.490. The minimum absolute atomic E-state index is 0.490. The number of pyridine rings is 1. The van der Waals surface area contributed by atoms with E-state index in [4.69, 9.17) is 16.1 Å². The predicted octanol–water partition coefficient (Wildman–Crippen LogP) is 5.45. The molecule has 0 spiro atoms. The number of aromatic nitrogens is 2. The van der Waals surface area contributed by atoms with Crippen molar-refractivity contribution in [2.45, 2.75) is 13.0 Å². The largest absolute Gasteiger partial charge is 0.383 e. The van der Waals surface area contributed by atoms with E-state index < -0.39 is 6.10 Å². The molecule has 2 aromatic heterocycles. The molecule has 0 saturated heterocycles. The fraction of sp³-hybridized carbons (Fsp3) is 0.0909. The quantitative estimate of drug-likeness (QED) is 0.514. The number of nitrogens with zero attached hydrogens (tertiary/aromatic N) is 2. The average Bonchev–Trinajstić information content (AvgIpc) is 3.14. The highest BCUT2D eigenvalue weighted by Crippen LogP contribution is 2.39. The Kier molecular flexibility index (Phi) is 4.75. The van der Waals surface area contributed by atoms with Crippen LogP contribution >= 0.6 is 11.6 Å². The van der Waals surface area contributed by atoms with Gasteiger partial charge in [-0.05, 0) is 25.1 Å². The SMILES string of the molecule is Cc1ccc(-c2noc(-c3cccc(Cl)c3)c2C(O)c2cccnc2)cc1. The van der Waals surface area contributed by atoms with Gasteiger partial charge in [-0.3, -0.25) is 4.98 Å². The number of hydrogen-bond acceptors (Lipinski definition) is 4. The molecular formula is C22H17ClN2O2. The summed E-state index contributed by atoms with van der Waals surface area (Å²) in [6.45, 7) is 2.02. The number of hydrogen-bond donors (Lipinski definition) is 1. The number of benzene rings is 2. The second-order valence-corrected chi connectivity index (χ2v) is 6.78. The highest BCUT2D eigenvalue weighted by Gasteiger charge is 2.26. The van der Waals surface area contributed by atoms with Gasteiger partial charge in [-0.1, -0.05) is 64.8 Å². The van der Waals surface area contributed by atoms with E-state index in [0.717, 1.165) is 16.7 Å². The molecule has 134 valence electrons. The third kappa shape index (κ3) is 3.50. The first-order chi connectivity index (χ1) is 13.1. The minimum Gasteiger partial charge on any atom is -0.383 e. The van der Waals surface area contributed by atoms with E-state index in [1.165, 1.54) is 0 Å². The number of aliphatic hydroxyl groups is 1. The molecular weight excluding hydrogens is 360 g/mol. The maximum atomic E-state index is 11.1. The molecule has 5 heteroatoms. The molecule has 0 fully saturated rings. The van der Waals surface area contributed by atoms with E-state index in [9.17, 15) is 5.11 Å². The maximum Gasteiger partial charge on any atom is 0.173 e. The van der Waals surface area contributed by atoms with Gasteiger partial charge in [-0.25, -0.2) is 0 Å². The summed E-state index contributed by atoms with van der Waals surface area (Å²) >= 11 is 6.15. The monoisotopic (exact) mass is 376 g/mol. The first-order valence-electron chi connectivity index (χ1n) is 8.54. The molecule has 0 aliphatic heterocycles. The Balaban J connectivity index is 1.91. The Morgan fingerprint density at radius 2 is 1.81 bits per heavy atom. The lowest BCUT2D eigenvalue weighted by Crippen LogP contribution is -2.02. The van der Waals surface area contributed by atoms with Crippen LogP contribution in [0.3, 0.4) is 0 Å². The molecule has 1 unspecified atom stereocenters. The van der Waals surface area contributed by atoms with Gasteiger partial charge in [0.2, 0.25) is 0 Å². The minimum atomic E-state index is -0.935. The van der Waals surface area contributed by atoms with E-state index in [1.54, 1.807) is 30.6 Å². The maximum absolute atomic E-state index is 11.1. The van der Waals surface area contributed by atoms with Crippen LogP contribution in [-0.4, -0.2) is 15.2 Å². The molecule has 0 bridgehead atoms. The topological polar surface area (TPSA) is 59.2 Å². The molecule has 0 aliphatic carbocycles. The Morgan fingerprint density at radius 1 is 1.00 bits per heavy atom. The van der Waals surface area contributed by atoms with Gasteiger partial charge < -0.3 is 9.63 Å². The van der Waals surface area contributed by atoms with Crippen molar-refractivity contribution in [3.8, 4) is 22.6 Å². The molecule has 1 atom stereocenters. The van der Waals surface area contributed by atoms with Crippen molar-refractivity contribution in [1.82, 2.24) is 10.1 Å². The van der Waals surface area contributed by atoms with Crippen LogP contribution in [0.5, 0.6) is 0 Å². The molecule has 2 heterocycles. The zero-order valence-electron chi connectivity index (χ0n) is 14.6. The van der Waals surface area contributed by atoms with Crippen molar-refractivity contribution < 1.29 is 9.63 Å². The number of rotatable bonds is 4. The van der Waals surface area contributed by atoms with E-state index >= 15 is 0 Å². The smallest absolute Gasteiger partial charge is 0.173 e. The fourth-order valence-corrected chi connectivity index (χ4v) is 3.20. The van der Waals surface area contributed by atoms with Gasteiger partial charge in [-0.15, -0.1) is 0 Å². The first kappa shape index (κ1) is 17.5. The molecule has 0 aliphatic rings. The average molecular weight is 377 g/mol. The van der Waals surface area contributed by atoms with Crippen molar-refractivity contribution in [3.63, 3.8) is 0 Å². The number of halogens is 1. The van der Waals surface area contributed by atoms with Gasteiger partial charge >= 0.3 is 0 Å². The van der Waals surface area contributed by atoms with Crippen LogP contribution in [0.1, 0.15) is 22.8 Å². The van der Waals surface area contributed by atoms with Crippen molar-refractivity contribution in [2.24, 2.45) is 0 Å². The van der Waals surface area contributed by atoms with Crippen LogP contribution in [-0.2, 0) is 0 Å². The zero-order valence-corrected chi connectivity index (χ0v) is 15.4. The zero-order chi connectivity index (χ0) is 18.8. The lowest BCUT2D eigenvalue weighted by Gasteiger charge is -2.13. The number of aryl methyl sites for hydroxylation is 1. The molecule has 4 aromatic rings. The highest BCUT2D eigenvalue weighted by molar-refractivity contribution is 6.30. The van der Waals surface area contributed by atoms with Gasteiger partial charge in [0.1, 0.15) is 11.8 Å². The third-order valence-corrected chi connectivity index (χ3v) is 4.65. The molecule has 2 aromatic carbocycles. The molecule has 4 rings (SSSR count). The van der Waals surface area contributed by atoms with Gasteiger partial charge in [0.25, 0.3) is 0 Å². The Labute approximate surface area is 162 Å². The Bertz CT molecular complexity index is 1060. The normalized spacial score (nSPS) is 12.1. The first-order valence-corrected chi connectivity index (χ1v) is 8.92. The van der Waals surface area contributed by atoms with Crippen molar-refractivity contribution in [2.75, 3.05) is 0 Å². The lowest BCUT2D eigenvalue weighted by atomic mass is 9.94. The summed E-state index contributed by atoms with van der Waals surface area (Å²) in [4.78, 5) is 4.11. The van der Waals surface area contributed by atoms with Gasteiger partial charge in [0.05, 0.1) is 5.56 Å². The molecule has 1 N–H and O–H groups in total. The van der Waals surface area contributed by atoms with Crippen molar-refractivity contribution in [3.05, 3.63) is 94.8 Å². The standard InChI is InChI=1S/C22H17ClN2O2/c1-14-7-9-15(10-8-14)20-19(21(26)17-5-3-11-24-13-17)22(27-25-20)16-4-2-6-18(23)12-16/h2-13,21,26H,1H3. The van der Waals surface area contributed by atoms with Crippen LogP contribution in [0.25, 0.3) is 22.6 Å². The number of aliphatic hydroxyl groups excluding tert-OH is 1. The van der Waals surface area contributed by atoms with E-state index in [0.29, 0.717) is 27.6 Å². The fourth-order valence-electron chi connectivity index (χ4n) is 3.01. The van der Waals surface area contributed by atoms with Crippen LogP contribution in [0.2, 0.25) is 5.02 Å². The molecule has 27 heavy (non-hydrogen) atoms. The van der Waals surface area contributed by atoms with E-state index in [-0.39, 0.29) is 0 Å². The highest BCUT2D eigenvalue weighted by atomic mass is 35.5. The molecule has 0 saturated carbocycles. The third-order valence-electron chi connectivity index (χ3n) is 4.41. The molecule has 0 amide bonds. The lowest BCUT2D eigenvalue weighted by molar-refractivity contribution is 0.220. The van der Waals surface area contributed by atoms with Crippen LogP contribution in [0.15, 0.2) is 77.6 Å². The summed E-state index contributed by atoms with van der Waals surface area (Å²) < 4.78 is 5.68. The van der Waals surface area contributed by atoms with Gasteiger partial charge in [0, 0.05) is 34.1 Å². The van der Waals surface area contributed by atoms with E-state index in [1.807, 2.05) is 49.4 Å². The van der Waals surface area contributed by atoms with Crippen LogP contribution in [0.4, 0.5) is 0 Å². The summed E-state index contributed by atoms with van der Waals surface area (Å²) in [6.07, 6.45) is 2.37.